The van der Waals surface area contributed by atoms with Crippen LogP contribution in [0.1, 0.15) is 18.5 Å². The van der Waals surface area contributed by atoms with Gasteiger partial charge in [-0.2, -0.15) is 0 Å². The van der Waals surface area contributed by atoms with Crippen molar-refractivity contribution < 1.29 is 14.3 Å². The van der Waals surface area contributed by atoms with Crippen LogP contribution in [0.2, 0.25) is 0 Å². The summed E-state index contributed by atoms with van der Waals surface area (Å²) in [7, 11) is 1.58. The normalized spacial score (nSPS) is 15.2. The fourth-order valence-corrected chi connectivity index (χ4v) is 2.55. The molecule has 118 valence electrons. The lowest BCUT2D eigenvalue weighted by molar-refractivity contribution is -0.132. The van der Waals surface area contributed by atoms with Gasteiger partial charge < -0.3 is 15.0 Å². The Morgan fingerprint density at radius 3 is 2.86 bits per heavy atom. The Bertz CT molecular complexity index is 551. The molecular weight excluding hydrogens is 282 g/mol. The van der Waals surface area contributed by atoms with Gasteiger partial charge in [0.2, 0.25) is 11.8 Å². The molecule has 6 heteroatoms. The minimum Gasteiger partial charge on any atom is -0.495 e. The molecule has 0 bridgehead atoms. The Labute approximate surface area is 130 Å². The number of nitrogens with one attached hydrogen (secondary N) is 1. The minimum atomic E-state index is -0.0721. The fourth-order valence-electron chi connectivity index (χ4n) is 2.55. The molecule has 0 spiro atoms. The Kier molecular flexibility index (Phi) is 5.52. The van der Waals surface area contributed by atoms with Gasteiger partial charge in [-0.15, -0.1) is 0 Å². The zero-order chi connectivity index (χ0) is 15.9. The summed E-state index contributed by atoms with van der Waals surface area (Å²) in [5, 5.41) is 2.90. The average molecular weight is 303 g/mol. The molecule has 2 amide bonds. The number of rotatable bonds is 5. The summed E-state index contributed by atoms with van der Waals surface area (Å²) in [6.45, 7) is 5.01. The number of likely N-dealkylation sites (tertiary alicyclic amines) is 1. The van der Waals surface area contributed by atoms with Crippen LogP contribution in [-0.4, -0.2) is 41.9 Å². The predicted molar refractivity (Wildman–Crippen MR) is 82.1 cm³/mol. The molecule has 2 heterocycles. The number of carbonyl (C=O) groups excluding carboxylic acids is 2. The fraction of sp³-hybridized carbons (Fsp3) is 0.438. The van der Waals surface area contributed by atoms with Crippen LogP contribution in [0.3, 0.4) is 0 Å². The molecule has 0 atom stereocenters. The first-order chi connectivity index (χ1) is 10.7. The van der Waals surface area contributed by atoms with Crippen molar-refractivity contribution in [3.8, 4) is 5.75 Å². The molecule has 0 unspecified atom stereocenters. The summed E-state index contributed by atoms with van der Waals surface area (Å²) in [4.78, 5) is 29.7. The van der Waals surface area contributed by atoms with Gasteiger partial charge in [0.1, 0.15) is 11.4 Å². The maximum atomic E-state index is 12.2. The van der Waals surface area contributed by atoms with E-state index in [4.69, 9.17) is 4.74 Å². The molecule has 0 aromatic carbocycles. The Hall–Kier alpha value is -2.37. The first kappa shape index (κ1) is 16.0. The van der Waals surface area contributed by atoms with Gasteiger partial charge in [-0.25, -0.2) is 0 Å². The molecule has 2 rings (SSSR count). The highest BCUT2D eigenvalue weighted by Crippen LogP contribution is 2.19. The zero-order valence-corrected chi connectivity index (χ0v) is 12.7. The smallest absolute Gasteiger partial charge is 0.245 e. The summed E-state index contributed by atoms with van der Waals surface area (Å²) in [5.74, 6) is 0.522. The highest BCUT2D eigenvalue weighted by molar-refractivity contribution is 5.87. The van der Waals surface area contributed by atoms with Crippen LogP contribution in [0.25, 0.3) is 0 Å². The number of hydrogen-bond donors (Lipinski definition) is 1. The Balaban J connectivity index is 1.84. The van der Waals surface area contributed by atoms with Gasteiger partial charge >= 0.3 is 0 Å². The summed E-state index contributed by atoms with van der Waals surface area (Å²) >= 11 is 0. The highest BCUT2D eigenvalue weighted by Gasteiger charge is 2.26. The molecule has 1 aliphatic rings. The van der Waals surface area contributed by atoms with Crippen molar-refractivity contribution in [2.45, 2.75) is 19.4 Å². The summed E-state index contributed by atoms with van der Waals surface area (Å²) in [5.41, 5.74) is 0.706. The number of nitrogens with zero attached hydrogens (tertiary/aromatic N) is 2. The van der Waals surface area contributed by atoms with E-state index in [1.807, 2.05) is 6.07 Å². The number of piperidine rings is 1. The second-order valence-corrected chi connectivity index (χ2v) is 5.17. The van der Waals surface area contributed by atoms with Gasteiger partial charge in [0.25, 0.3) is 0 Å². The van der Waals surface area contributed by atoms with Crippen LogP contribution in [0.5, 0.6) is 5.75 Å². The minimum absolute atomic E-state index is 0.00147. The van der Waals surface area contributed by atoms with Crippen molar-refractivity contribution in [2.75, 3.05) is 20.2 Å². The second kappa shape index (κ2) is 7.59. The van der Waals surface area contributed by atoms with E-state index in [0.29, 0.717) is 43.9 Å². The standard InChI is InChI=1S/C16H21N3O3/c1-3-15(20)19-9-6-12(7-10-19)16(21)18-11-13-14(22-2)5-4-8-17-13/h3-5,8,12H,1,6-7,9-11H2,2H3,(H,18,21). The zero-order valence-electron chi connectivity index (χ0n) is 12.7. The van der Waals surface area contributed by atoms with E-state index in [1.54, 1.807) is 24.3 Å². The second-order valence-electron chi connectivity index (χ2n) is 5.17. The lowest BCUT2D eigenvalue weighted by atomic mass is 9.96. The van der Waals surface area contributed by atoms with Crippen LogP contribution < -0.4 is 10.1 Å². The van der Waals surface area contributed by atoms with Crippen molar-refractivity contribution >= 4 is 11.8 Å². The number of methoxy groups -OCH3 is 1. The summed E-state index contributed by atoms with van der Waals surface area (Å²) < 4.78 is 5.21. The van der Waals surface area contributed by atoms with Crippen LogP contribution in [0.4, 0.5) is 0 Å². The first-order valence-corrected chi connectivity index (χ1v) is 7.32. The van der Waals surface area contributed by atoms with E-state index in [9.17, 15) is 9.59 Å². The van der Waals surface area contributed by atoms with E-state index in [2.05, 4.69) is 16.9 Å². The summed E-state index contributed by atoms with van der Waals surface area (Å²) in [6.07, 6.45) is 4.33. The molecule has 0 radical (unpaired) electrons. The monoisotopic (exact) mass is 303 g/mol. The topological polar surface area (TPSA) is 71.5 Å². The number of pyridine rings is 1. The molecule has 1 fully saturated rings. The largest absolute Gasteiger partial charge is 0.495 e. The van der Waals surface area contributed by atoms with Crippen LogP contribution >= 0.6 is 0 Å². The van der Waals surface area contributed by atoms with Gasteiger partial charge in [-0.05, 0) is 31.1 Å². The third kappa shape index (κ3) is 3.84. The molecule has 22 heavy (non-hydrogen) atoms. The quantitative estimate of drug-likeness (QED) is 0.828. The SMILES string of the molecule is C=CC(=O)N1CCC(C(=O)NCc2ncccc2OC)CC1. The lowest BCUT2D eigenvalue weighted by Gasteiger charge is -2.30. The maximum absolute atomic E-state index is 12.2. The van der Waals surface area contributed by atoms with E-state index in [0.717, 1.165) is 0 Å². The van der Waals surface area contributed by atoms with Crippen molar-refractivity contribution in [1.82, 2.24) is 15.2 Å². The molecule has 1 aliphatic heterocycles. The number of ether oxygens (including phenoxy) is 1. The molecule has 1 aromatic heterocycles. The molecule has 1 saturated heterocycles. The number of amides is 2. The van der Waals surface area contributed by atoms with Gasteiger partial charge in [0.15, 0.2) is 0 Å². The molecular formula is C16H21N3O3. The van der Waals surface area contributed by atoms with E-state index >= 15 is 0 Å². The average Bonchev–Trinajstić information content (AvgIpc) is 2.59. The molecule has 1 aromatic rings. The summed E-state index contributed by atoms with van der Waals surface area (Å²) in [6, 6.07) is 3.60. The number of carbonyl (C=O) groups is 2. The van der Waals surface area contributed by atoms with Crippen molar-refractivity contribution in [1.29, 1.82) is 0 Å². The van der Waals surface area contributed by atoms with Gasteiger partial charge in [-0.3, -0.25) is 14.6 Å². The third-order valence-electron chi connectivity index (χ3n) is 3.85. The van der Waals surface area contributed by atoms with E-state index < -0.39 is 0 Å². The highest BCUT2D eigenvalue weighted by atomic mass is 16.5. The lowest BCUT2D eigenvalue weighted by Crippen LogP contribution is -2.42. The third-order valence-corrected chi connectivity index (χ3v) is 3.85. The Morgan fingerprint density at radius 1 is 1.50 bits per heavy atom. The van der Waals surface area contributed by atoms with Gasteiger partial charge in [0.05, 0.1) is 13.7 Å². The molecule has 1 N–H and O–H groups in total. The number of aromatic nitrogens is 1. The first-order valence-electron chi connectivity index (χ1n) is 7.32. The van der Waals surface area contributed by atoms with Crippen molar-refractivity contribution in [3.05, 3.63) is 36.7 Å². The molecule has 0 aliphatic carbocycles. The molecule has 0 saturated carbocycles. The van der Waals surface area contributed by atoms with Crippen LogP contribution in [-0.2, 0) is 16.1 Å². The van der Waals surface area contributed by atoms with E-state index in [-0.39, 0.29) is 17.7 Å². The maximum Gasteiger partial charge on any atom is 0.245 e. The van der Waals surface area contributed by atoms with Crippen LogP contribution in [0, 0.1) is 5.92 Å². The molecule has 6 nitrogen and oxygen atoms in total. The van der Waals surface area contributed by atoms with Crippen LogP contribution in [0.15, 0.2) is 31.0 Å². The number of hydrogen-bond acceptors (Lipinski definition) is 4. The Morgan fingerprint density at radius 2 is 2.23 bits per heavy atom. The predicted octanol–water partition coefficient (Wildman–Crippen LogP) is 1.13. The van der Waals surface area contributed by atoms with Crippen molar-refractivity contribution in [3.63, 3.8) is 0 Å². The van der Waals surface area contributed by atoms with Gasteiger partial charge in [0, 0.05) is 25.2 Å². The van der Waals surface area contributed by atoms with Crippen molar-refractivity contribution in [2.24, 2.45) is 5.92 Å². The van der Waals surface area contributed by atoms with E-state index in [1.165, 1.54) is 6.08 Å². The van der Waals surface area contributed by atoms with Gasteiger partial charge in [-0.1, -0.05) is 6.58 Å².